The standard InChI is InChI=1S/C16H20N2O3S/c1-10(19)12-8-13-14(21-15(12)20)17-16(22-13)18(2)9-11-6-4-3-5-7-11/h8,11,19H,1,3-7,9H2,2H3. The average molecular weight is 320 g/mol. The number of hydrogen-bond acceptors (Lipinski definition) is 6. The van der Waals surface area contributed by atoms with Gasteiger partial charge in [-0.15, -0.1) is 0 Å². The fourth-order valence-electron chi connectivity index (χ4n) is 3.00. The zero-order valence-electron chi connectivity index (χ0n) is 12.7. The lowest BCUT2D eigenvalue weighted by molar-refractivity contribution is 0.362. The van der Waals surface area contributed by atoms with Crippen LogP contribution in [0.4, 0.5) is 5.13 Å². The second-order valence-electron chi connectivity index (χ2n) is 5.94. The van der Waals surface area contributed by atoms with Gasteiger partial charge in [-0.2, -0.15) is 4.98 Å². The highest BCUT2D eigenvalue weighted by molar-refractivity contribution is 7.22. The van der Waals surface area contributed by atoms with Crippen LogP contribution in [-0.2, 0) is 0 Å². The molecule has 6 heteroatoms. The smallest absolute Gasteiger partial charge is 0.348 e. The summed E-state index contributed by atoms with van der Waals surface area (Å²) in [6.45, 7) is 4.36. The highest BCUT2D eigenvalue weighted by Crippen LogP contribution is 2.31. The molecule has 1 saturated carbocycles. The largest absolute Gasteiger partial charge is 0.508 e. The number of aliphatic hydroxyl groups is 1. The molecule has 0 atom stereocenters. The van der Waals surface area contributed by atoms with E-state index < -0.39 is 5.63 Å². The first-order valence-electron chi connectivity index (χ1n) is 7.58. The van der Waals surface area contributed by atoms with Crippen molar-refractivity contribution in [2.45, 2.75) is 32.1 Å². The molecule has 2 heterocycles. The van der Waals surface area contributed by atoms with E-state index in [-0.39, 0.29) is 11.3 Å². The lowest BCUT2D eigenvalue weighted by Crippen LogP contribution is -2.26. The molecule has 0 saturated heterocycles. The van der Waals surface area contributed by atoms with E-state index in [1.807, 2.05) is 7.05 Å². The van der Waals surface area contributed by atoms with E-state index in [4.69, 9.17) is 4.42 Å². The van der Waals surface area contributed by atoms with Crippen molar-refractivity contribution in [2.75, 3.05) is 18.5 Å². The molecule has 5 nitrogen and oxygen atoms in total. The minimum atomic E-state index is -0.605. The van der Waals surface area contributed by atoms with Gasteiger partial charge < -0.3 is 14.4 Å². The Balaban J connectivity index is 1.84. The zero-order valence-corrected chi connectivity index (χ0v) is 13.5. The van der Waals surface area contributed by atoms with Crippen LogP contribution in [0.25, 0.3) is 16.2 Å². The van der Waals surface area contributed by atoms with Gasteiger partial charge in [0.25, 0.3) is 0 Å². The third-order valence-corrected chi connectivity index (χ3v) is 5.29. The normalized spacial score (nSPS) is 16.0. The van der Waals surface area contributed by atoms with E-state index in [2.05, 4.69) is 16.5 Å². The third kappa shape index (κ3) is 3.02. The van der Waals surface area contributed by atoms with Crippen LogP contribution in [-0.4, -0.2) is 23.7 Å². The number of thiazole rings is 1. The van der Waals surface area contributed by atoms with Crippen LogP contribution < -0.4 is 10.5 Å². The quantitative estimate of drug-likeness (QED) is 0.868. The Labute approximate surface area is 132 Å². The summed E-state index contributed by atoms with van der Waals surface area (Å²) >= 11 is 1.46. The Kier molecular flexibility index (Phi) is 4.20. The first kappa shape index (κ1) is 15.1. The molecule has 2 aromatic heterocycles. The first-order chi connectivity index (χ1) is 10.5. The van der Waals surface area contributed by atoms with E-state index in [0.717, 1.165) is 16.4 Å². The molecule has 0 bridgehead atoms. The summed E-state index contributed by atoms with van der Waals surface area (Å²) < 4.78 is 5.92. The van der Waals surface area contributed by atoms with Gasteiger partial charge in [-0.1, -0.05) is 37.2 Å². The lowest BCUT2D eigenvalue weighted by atomic mass is 9.89. The predicted molar refractivity (Wildman–Crippen MR) is 89.7 cm³/mol. The molecule has 0 aromatic carbocycles. The Morgan fingerprint density at radius 2 is 2.23 bits per heavy atom. The summed E-state index contributed by atoms with van der Waals surface area (Å²) in [5.41, 5.74) is -0.185. The van der Waals surface area contributed by atoms with Gasteiger partial charge in [0.2, 0.25) is 5.71 Å². The molecule has 2 aromatic rings. The predicted octanol–water partition coefficient (Wildman–Crippen LogP) is 3.79. The molecule has 1 N–H and O–H groups in total. The summed E-state index contributed by atoms with van der Waals surface area (Å²) in [6.07, 6.45) is 6.53. The van der Waals surface area contributed by atoms with Crippen molar-refractivity contribution in [3.8, 4) is 0 Å². The molecule has 22 heavy (non-hydrogen) atoms. The van der Waals surface area contributed by atoms with Gasteiger partial charge in [0, 0.05) is 13.6 Å². The maximum atomic E-state index is 11.7. The number of fused-ring (bicyclic) bond motifs is 1. The molecule has 0 amide bonds. The van der Waals surface area contributed by atoms with Crippen molar-refractivity contribution in [3.05, 3.63) is 28.6 Å². The second kappa shape index (κ2) is 6.12. The van der Waals surface area contributed by atoms with Crippen molar-refractivity contribution in [1.82, 2.24) is 4.98 Å². The van der Waals surface area contributed by atoms with Gasteiger partial charge >= 0.3 is 5.63 Å². The van der Waals surface area contributed by atoms with Crippen LogP contribution in [0.3, 0.4) is 0 Å². The molecule has 1 aliphatic rings. The molecule has 3 rings (SSSR count). The molecular formula is C16H20N2O3S. The monoisotopic (exact) mass is 320 g/mol. The Bertz CT molecular complexity index is 743. The fourth-order valence-corrected chi connectivity index (χ4v) is 3.91. The summed E-state index contributed by atoms with van der Waals surface area (Å²) in [7, 11) is 2.02. The molecule has 118 valence electrons. The van der Waals surface area contributed by atoms with Gasteiger partial charge in [0.15, 0.2) is 5.13 Å². The van der Waals surface area contributed by atoms with Crippen LogP contribution in [0.2, 0.25) is 0 Å². The fraction of sp³-hybridized carbons (Fsp3) is 0.500. The topological polar surface area (TPSA) is 66.6 Å². The van der Waals surface area contributed by atoms with E-state index in [9.17, 15) is 9.90 Å². The molecule has 0 aliphatic heterocycles. The molecule has 0 unspecified atom stereocenters. The molecular weight excluding hydrogens is 300 g/mol. The Hall–Kier alpha value is -1.82. The van der Waals surface area contributed by atoms with E-state index in [1.54, 1.807) is 6.07 Å². The Morgan fingerprint density at radius 3 is 2.91 bits per heavy atom. The summed E-state index contributed by atoms with van der Waals surface area (Å²) in [5, 5.41) is 10.3. The van der Waals surface area contributed by atoms with Crippen molar-refractivity contribution < 1.29 is 9.52 Å². The minimum Gasteiger partial charge on any atom is -0.508 e. The summed E-state index contributed by atoms with van der Waals surface area (Å²) in [4.78, 5) is 18.3. The molecule has 1 aliphatic carbocycles. The number of anilines is 1. The van der Waals surface area contributed by atoms with Crippen molar-refractivity contribution >= 4 is 32.6 Å². The van der Waals surface area contributed by atoms with Gasteiger partial charge in [0.05, 0.1) is 4.70 Å². The van der Waals surface area contributed by atoms with Gasteiger partial charge in [-0.25, -0.2) is 4.79 Å². The van der Waals surface area contributed by atoms with E-state index >= 15 is 0 Å². The van der Waals surface area contributed by atoms with Crippen LogP contribution >= 0.6 is 11.3 Å². The molecule has 0 radical (unpaired) electrons. The average Bonchev–Trinajstić information content (AvgIpc) is 2.90. The van der Waals surface area contributed by atoms with Gasteiger partial charge in [0.1, 0.15) is 11.3 Å². The van der Waals surface area contributed by atoms with Crippen LogP contribution in [0, 0.1) is 5.92 Å². The second-order valence-corrected chi connectivity index (χ2v) is 6.95. The maximum absolute atomic E-state index is 11.7. The number of aromatic nitrogens is 1. The number of nitrogens with zero attached hydrogens (tertiary/aromatic N) is 2. The lowest BCUT2D eigenvalue weighted by Gasteiger charge is -2.26. The molecule has 0 spiro atoms. The van der Waals surface area contributed by atoms with Crippen LogP contribution in [0.1, 0.15) is 37.7 Å². The van der Waals surface area contributed by atoms with Gasteiger partial charge in [-0.05, 0) is 24.8 Å². The van der Waals surface area contributed by atoms with Crippen molar-refractivity contribution in [1.29, 1.82) is 0 Å². The number of hydrogen-bond donors (Lipinski definition) is 1. The maximum Gasteiger partial charge on any atom is 0.348 e. The number of aliphatic hydroxyl groups excluding tert-OH is 1. The SMILES string of the molecule is C=C(O)c1cc2sc(N(C)CC3CCCCC3)nc2oc1=O. The van der Waals surface area contributed by atoms with Crippen LogP contribution in [0.15, 0.2) is 21.9 Å². The summed E-state index contributed by atoms with van der Waals surface area (Å²) in [6, 6.07) is 1.60. The highest BCUT2D eigenvalue weighted by Gasteiger charge is 2.19. The van der Waals surface area contributed by atoms with Crippen LogP contribution in [0.5, 0.6) is 0 Å². The molecule has 1 fully saturated rings. The minimum absolute atomic E-state index is 0.0950. The van der Waals surface area contributed by atoms with Crippen molar-refractivity contribution in [3.63, 3.8) is 0 Å². The zero-order chi connectivity index (χ0) is 15.7. The van der Waals surface area contributed by atoms with Crippen molar-refractivity contribution in [2.24, 2.45) is 5.92 Å². The van der Waals surface area contributed by atoms with Gasteiger partial charge in [-0.3, -0.25) is 0 Å². The Morgan fingerprint density at radius 1 is 1.50 bits per heavy atom. The van der Waals surface area contributed by atoms with E-state index in [0.29, 0.717) is 11.6 Å². The van der Waals surface area contributed by atoms with E-state index in [1.165, 1.54) is 43.4 Å². The third-order valence-electron chi connectivity index (χ3n) is 4.19. The first-order valence-corrected chi connectivity index (χ1v) is 8.40. The number of rotatable bonds is 4. The highest BCUT2D eigenvalue weighted by atomic mass is 32.1. The summed E-state index contributed by atoms with van der Waals surface area (Å²) in [5.74, 6) is 0.437.